The minimum atomic E-state index is -0.466. The van der Waals surface area contributed by atoms with Crippen molar-refractivity contribution in [1.82, 2.24) is 0 Å². The summed E-state index contributed by atoms with van der Waals surface area (Å²) in [4.78, 5) is 0. The molecule has 2 heteroatoms. The fourth-order valence-electron chi connectivity index (χ4n) is 1.69. The normalized spacial score (nSPS) is 22.7. The maximum atomic E-state index is 13.6. The Morgan fingerprint density at radius 1 is 1.14 bits per heavy atom. The Kier molecular flexibility index (Phi) is 2.14. The molecule has 2 aliphatic carbocycles. The van der Waals surface area contributed by atoms with Crippen molar-refractivity contribution in [2.24, 2.45) is 0 Å². The summed E-state index contributed by atoms with van der Waals surface area (Å²) in [6.45, 7) is 3.40. The summed E-state index contributed by atoms with van der Waals surface area (Å²) in [7, 11) is 0. The van der Waals surface area contributed by atoms with Crippen LogP contribution in [0.3, 0.4) is 0 Å². The summed E-state index contributed by atoms with van der Waals surface area (Å²) in [5.41, 5.74) is 2.33. The summed E-state index contributed by atoms with van der Waals surface area (Å²) in [5.74, 6) is -0.752. The van der Waals surface area contributed by atoms with Crippen LogP contribution in [0.15, 0.2) is 46.6 Å². The van der Waals surface area contributed by atoms with Crippen molar-refractivity contribution in [2.45, 2.75) is 20.3 Å². The molecular weight excluding hydrogens is 182 g/mol. The van der Waals surface area contributed by atoms with Gasteiger partial charge in [0.25, 0.3) is 0 Å². The highest BCUT2D eigenvalue weighted by Gasteiger charge is 2.26. The minimum Gasteiger partial charge on any atom is -0.211 e. The van der Waals surface area contributed by atoms with Crippen molar-refractivity contribution in [3.8, 4) is 0 Å². The Labute approximate surface area is 82.3 Å². The molecule has 0 bridgehead atoms. The predicted molar refractivity (Wildman–Crippen MR) is 52.7 cm³/mol. The lowest BCUT2D eigenvalue weighted by Gasteiger charge is -2.21. The first-order valence-electron chi connectivity index (χ1n) is 4.58. The average molecular weight is 193 g/mol. The smallest absolute Gasteiger partial charge is 0.118 e. The van der Waals surface area contributed by atoms with E-state index in [0.29, 0.717) is 17.6 Å². The van der Waals surface area contributed by atoms with Crippen molar-refractivity contribution in [3.63, 3.8) is 0 Å². The van der Waals surface area contributed by atoms with E-state index in [4.69, 9.17) is 0 Å². The van der Waals surface area contributed by atoms with Crippen LogP contribution >= 0.6 is 0 Å². The van der Waals surface area contributed by atoms with Crippen LogP contribution in [0.4, 0.5) is 8.78 Å². The zero-order valence-corrected chi connectivity index (χ0v) is 8.20. The summed E-state index contributed by atoms with van der Waals surface area (Å²) in [6.07, 6.45) is 5.72. The van der Waals surface area contributed by atoms with Gasteiger partial charge in [-0.15, -0.1) is 0 Å². The predicted octanol–water partition coefficient (Wildman–Crippen LogP) is 3.95. The molecule has 0 heterocycles. The molecule has 0 aromatic carbocycles. The van der Waals surface area contributed by atoms with Gasteiger partial charge in [-0.3, -0.25) is 0 Å². The minimum absolute atomic E-state index is 0.116. The number of rotatable bonds is 0. The van der Waals surface area contributed by atoms with Crippen LogP contribution in [0, 0.1) is 5.92 Å². The summed E-state index contributed by atoms with van der Waals surface area (Å²) < 4.78 is 26.8. The molecule has 0 aliphatic heterocycles. The van der Waals surface area contributed by atoms with Gasteiger partial charge in [0.15, 0.2) is 0 Å². The molecule has 2 rings (SSSR count). The first-order chi connectivity index (χ1) is 6.59. The van der Waals surface area contributed by atoms with Crippen LogP contribution in [-0.4, -0.2) is 0 Å². The van der Waals surface area contributed by atoms with E-state index < -0.39 is 11.7 Å². The number of fused-ring (bicyclic) bond motifs is 1. The van der Waals surface area contributed by atoms with Crippen LogP contribution in [0.2, 0.25) is 0 Å². The number of allylic oxidation sites excluding steroid dienone is 8. The molecule has 14 heavy (non-hydrogen) atoms. The van der Waals surface area contributed by atoms with E-state index in [1.54, 1.807) is 0 Å². The second-order valence-electron chi connectivity index (χ2n) is 3.66. The molecule has 0 saturated carbocycles. The van der Waals surface area contributed by atoms with E-state index in [9.17, 15) is 8.78 Å². The fourth-order valence-corrected chi connectivity index (χ4v) is 1.69. The topological polar surface area (TPSA) is 0 Å². The summed E-state index contributed by atoms with van der Waals surface area (Å²) in [6, 6.07) is 0. The summed E-state index contributed by atoms with van der Waals surface area (Å²) >= 11 is 0. The van der Waals surface area contributed by atoms with Gasteiger partial charge in [-0.2, -0.15) is 0 Å². The Morgan fingerprint density at radius 3 is 2.57 bits per heavy atom. The third-order valence-corrected chi connectivity index (χ3v) is 2.59. The Balaban J connectivity index is 2.50. The lowest BCUT2D eigenvalue weighted by Crippen LogP contribution is -2.07. The van der Waals surface area contributed by atoms with E-state index >= 15 is 0 Å². The number of hydrogen-bond acceptors (Lipinski definition) is 0. The second-order valence-corrected chi connectivity index (χ2v) is 3.66. The average Bonchev–Trinajstić information content (AvgIpc) is 2.14. The molecule has 0 spiro atoms. The van der Waals surface area contributed by atoms with Gasteiger partial charge < -0.3 is 0 Å². The molecule has 0 aromatic heterocycles. The van der Waals surface area contributed by atoms with Crippen LogP contribution in [-0.2, 0) is 0 Å². The molecule has 0 N–H and O–H groups in total. The fraction of sp³-hybridized carbons (Fsp3) is 0.250. The zero-order valence-electron chi connectivity index (χ0n) is 8.20. The first-order valence-corrected chi connectivity index (χ1v) is 4.58. The lowest BCUT2D eigenvalue weighted by molar-refractivity contribution is 0.548. The standard InChI is InChI=1S/C12H11F2/c1-7-3-4-10-9(5-7)6-11(13)8(2)12(10)14/h3,5-6H,4H2,1-2H3. The molecule has 0 saturated heterocycles. The molecule has 0 aromatic rings. The first kappa shape index (κ1) is 9.38. The molecule has 0 nitrogen and oxygen atoms in total. The Hall–Kier alpha value is -1.18. The number of hydrogen-bond donors (Lipinski definition) is 0. The zero-order chi connectivity index (χ0) is 10.3. The van der Waals surface area contributed by atoms with E-state index in [2.05, 4.69) is 0 Å². The van der Waals surface area contributed by atoms with E-state index in [0.717, 1.165) is 5.57 Å². The Morgan fingerprint density at radius 2 is 1.86 bits per heavy atom. The molecule has 0 fully saturated rings. The molecule has 0 amide bonds. The van der Waals surface area contributed by atoms with Gasteiger partial charge in [0.2, 0.25) is 0 Å². The third kappa shape index (κ3) is 1.35. The van der Waals surface area contributed by atoms with Gasteiger partial charge in [-0.1, -0.05) is 17.7 Å². The molecule has 73 valence electrons. The van der Waals surface area contributed by atoms with Crippen molar-refractivity contribution in [3.05, 3.63) is 52.5 Å². The molecule has 2 aliphatic rings. The third-order valence-electron chi connectivity index (χ3n) is 2.59. The van der Waals surface area contributed by atoms with Crippen molar-refractivity contribution in [2.75, 3.05) is 0 Å². The van der Waals surface area contributed by atoms with Crippen LogP contribution in [0.25, 0.3) is 0 Å². The van der Waals surface area contributed by atoms with Gasteiger partial charge in [-0.05, 0) is 37.5 Å². The van der Waals surface area contributed by atoms with Crippen molar-refractivity contribution in [1.29, 1.82) is 0 Å². The lowest BCUT2D eigenvalue weighted by atomic mass is 9.86. The highest BCUT2D eigenvalue weighted by atomic mass is 19.1. The maximum absolute atomic E-state index is 13.6. The summed E-state index contributed by atoms with van der Waals surface area (Å²) in [5, 5.41) is 0. The quantitative estimate of drug-likeness (QED) is 0.546. The van der Waals surface area contributed by atoms with Gasteiger partial charge in [0, 0.05) is 0 Å². The van der Waals surface area contributed by atoms with Gasteiger partial charge in [0.05, 0.1) is 5.92 Å². The number of halogens is 2. The van der Waals surface area contributed by atoms with E-state index in [1.807, 2.05) is 19.1 Å². The van der Waals surface area contributed by atoms with Crippen LogP contribution in [0.1, 0.15) is 20.3 Å². The van der Waals surface area contributed by atoms with Gasteiger partial charge >= 0.3 is 0 Å². The largest absolute Gasteiger partial charge is 0.211 e. The molecular formula is C12H11F2. The van der Waals surface area contributed by atoms with Gasteiger partial charge in [-0.25, -0.2) is 8.78 Å². The van der Waals surface area contributed by atoms with Crippen LogP contribution < -0.4 is 0 Å². The van der Waals surface area contributed by atoms with Crippen molar-refractivity contribution >= 4 is 0 Å². The van der Waals surface area contributed by atoms with Crippen molar-refractivity contribution < 1.29 is 8.78 Å². The molecule has 0 atom stereocenters. The van der Waals surface area contributed by atoms with Crippen LogP contribution in [0.5, 0.6) is 0 Å². The SMILES string of the molecule is C[C]1C(F)=CC2=CC(C)=CCC2=C1F. The van der Waals surface area contributed by atoms with E-state index in [-0.39, 0.29) is 5.92 Å². The molecule has 1 radical (unpaired) electrons. The highest BCUT2D eigenvalue weighted by molar-refractivity contribution is 5.58. The Bertz CT molecular complexity index is 395. The highest BCUT2D eigenvalue weighted by Crippen LogP contribution is 2.40. The van der Waals surface area contributed by atoms with E-state index in [1.165, 1.54) is 13.0 Å². The second kappa shape index (κ2) is 3.19. The monoisotopic (exact) mass is 193 g/mol. The maximum Gasteiger partial charge on any atom is 0.118 e. The molecule has 0 unspecified atom stereocenters. The van der Waals surface area contributed by atoms with Gasteiger partial charge in [0.1, 0.15) is 11.7 Å².